The summed E-state index contributed by atoms with van der Waals surface area (Å²) in [5, 5.41) is 11.9. The van der Waals surface area contributed by atoms with Crippen LogP contribution in [-0.4, -0.2) is 15.3 Å². The monoisotopic (exact) mass is 352 g/mol. The Balaban J connectivity index is 1.81. The molecule has 0 fully saturated rings. The summed E-state index contributed by atoms with van der Waals surface area (Å²) in [6.45, 7) is 1.99. The number of aryl methyl sites for hydroxylation is 1. The van der Waals surface area contributed by atoms with Gasteiger partial charge in [-0.3, -0.25) is 9.20 Å². The van der Waals surface area contributed by atoms with Crippen LogP contribution in [0.3, 0.4) is 0 Å². The summed E-state index contributed by atoms with van der Waals surface area (Å²) in [7, 11) is 0. The number of imidazole rings is 1. The van der Waals surface area contributed by atoms with Gasteiger partial charge in [0.1, 0.15) is 17.2 Å². The Kier molecular flexibility index (Phi) is 4.15. The number of nitrogens with one attached hydrogen (secondary N) is 1. The molecule has 1 amide bonds. The first-order chi connectivity index (χ1) is 13.2. The van der Waals surface area contributed by atoms with Gasteiger partial charge in [0, 0.05) is 17.3 Å². The van der Waals surface area contributed by atoms with E-state index in [1.165, 1.54) is 0 Å². The van der Waals surface area contributed by atoms with Gasteiger partial charge >= 0.3 is 0 Å². The molecule has 2 heterocycles. The van der Waals surface area contributed by atoms with E-state index in [4.69, 9.17) is 10.2 Å². The van der Waals surface area contributed by atoms with Gasteiger partial charge in [0.25, 0.3) is 5.91 Å². The maximum atomic E-state index is 12.8. The molecule has 5 heteroatoms. The number of hydrogen-bond acceptors (Lipinski definition) is 3. The highest BCUT2D eigenvalue weighted by Crippen LogP contribution is 2.30. The second-order valence-electron chi connectivity index (χ2n) is 6.20. The summed E-state index contributed by atoms with van der Waals surface area (Å²) in [6, 6.07) is 22.3. The van der Waals surface area contributed by atoms with Crippen molar-refractivity contribution in [2.75, 3.05) is 5.32 Å². The van der Waals surface area contributed by atoms with Gasteiger partial charge in [-0.15, -0.1) is 0 Å². The van der Waals surface area contributed by atoms with E-state index in [-0.39, 0.29) is 5.91 Å². The molecule has 0 atom stereocenters. The molecule has 4 rings (SSSR count). The molecule has 0 aliphatic carbocycles. The Morgan fingerprint density at radius 3 is 2.48 bits per heavy atom. The topological polar surface area (TPSA) is 70.2 Å². The molecular formula is C22H16N4O. The van der Waals surface area contributed by atoms with Crippen LogP contribution in [0.2, 0.25) is 0 Å². The number of hydrogen-bond donors (Lipinski definition) is 1. The number of fused-ring (bicyclic) bond motifs is 1. The number of benzene rings is 2. The van der Waals surface area contributed by atoms with Gasteiger partial charge in [0.2, 0.25) is 0 Å². The molecule has 1 N–H and O–H groups in total. The maximum absolute atomic E-state index is 12.8. The fourth-order valence-electron chi connectivity index (χ4n) is 3.00. The van der Waals surface area contributed by atoms with E-state index in [0.717, 1.165) is 16.8 Å². The summed E-state index contributed by atoms with van der Waals surface area (Å²) < 4.78 is 1.89. The number of pyridine rings is 1. The summed E-state index contributed by atoms with van der Waals surface area (Å²) in [5.74, 6) is 0.370. The van der Waals surface area contributed by atoms with Crippen molar-refractivity contribution >= 4 is 17.4 Å². The first-order valence-corrected chi connectivity index (χ1v) is 8.52. The van der Waals surface area contributed by atoms with Crippen LogP contribution in [-0.2, 0) is 0 Å². The first kappa shape index (κ1) is 16.6. The summed E-state index contributed by atoms with van der Waals surface area (Å²) in [5.41, 5.74) is 4.46. The summed E-state index contributed by atoms with van der Waals surface area (Å²) >= 11 is 0. The Bertz CT molecular complexity index is 1170. The zero-order valence-corrected chi connectivity index (χ0v) is 14.7. The van der Waals surface area contributed by atoms with E-state index in [9.17, 15) is 4.79 Å². The normalized spacial score (nSPS) is 10.5. The first-order valence-electron chi connectivity index (χ1n) is 8.52. The molecule has 2 aromatic heterocycles. The zero-order chi connectivity index (χ0) is 18.8. The molecule has 27 heavy (non-hydrogen) atoms. The number of rotatable bonds is 3. The third-order valence-electron chi connectivity index (χ3n) is 4.40. The minimum absolute atomic E-state index is 0.250. The SMILES string of the molecule is Cc1cccn2c(NC(=O)c3ccc(C#N)cc3)c(-c3ccccc3)nc12. The van der Waals surface area contributed by atoms with E-state index in [0.29, 0.717) is 22.6 Å². The molecule has 0 bridgehead atoms. The molecule has 0 aliphatic rings. The van der Waals surface area contributed by atoms with Gasteiger partial charge in [-0.1, -0.05) is 36.4 Å². The van der Waals surface area contributed by atoms with Gasteiger partial charge in [-0.2, -0.15) is 5.26 Å². The molecule has 0 saturated carbocycles. The lowest BCUT2D eigenvalue weighted by Gasteiger charge is -2.08. The minimum Gasteiger partial charge on any atom is -0.306 e. The van der Waals surface area contributed by atoms with E-state index >= 15 is 0 Å². The van der Waals surface area contributed by atoms with Gasteiger partial charge in [-0.25, -0.2) is 4.98 Å². The smallest absolute Gasteiger partial charge is 0.256 e. The Labute approximate surface area is 156 Å². The Morgan fingerprint density at radius 2 is 1.78 bits per heavy atom. The predicted octanol–water partition coefficient (Wildman–Crippen LogP) is 4.43. The van der Waals surface area contributed by atoms with Crippen molar-refractivity contribution in [3.05, 3.63) is 89.6 Å². The molecule has 0 spiro atoms. The highest BCUT2D eigenvalue weighted by atomic mass is 16.1. The zero-order valence-electron chi connectivity index (χ0n) is 14.7. The Hall–Kier alpha value is -3.91. The van der Waals surface area contributed by atoms with Crippen LogP contribution in [0.25, 0.3) is 16.9 Å². The minimum atomic E-state index is -0.250. The van der Waals surface area contributed by atoms with Crippen LogP contribution in [0.1, 0.15) is 21.5 Å². The van der Waals surface area contributed by atoms with Crippen LogP contribution in [0, 0.1) is 18.3 Å². The van der Waals surface area contributed by atoms with E-state index in [2.05, 4.69) is 11.4 Å². The molecule has 130 valence electrons. The fraction of sp³-hybridized carbons (Fsp3) is 0.0455. The van der Waals surface area contributed by atoms with Gasteiger partial charge in [-0.05, 0) is 42.8 Å². The van der Waals surface area contributed by atoms with Crippen LogP contribution in [0.4, 0.5) is 5.82 Å². The number of nitrogens with zero attached hydrogens (tertiary/aromatic N) is 3. The highest BCUT2D eigenvalue weighted by molar-refractivity contribution is 6.05. The molecule has 0 saturated heterocycles. The summed E-state index contributed by atoms with van der Waals surface area (Å²) in [6.07, 6.45) is 1.89. The third-order valence-corrected chi connectivity index (χ3v) is 4.40. The number of anilines is 1. The predicted molar refractivity (Wildman–Crippen MR) is 104 cm³/mol. The van der Waals surface area contributed by atoms with Crippen molar-refractivity contribution in [3.63, 3.8) is 0 Å². The standard InChI is InChI=1S/C22H16N4O/c1-15-6-5-13-26-20(15)24-19(17-7-3-2-4-8-17)21(26)25-22(27)18-11-9-16(14-23)10-12-18/h2-13H,1H3,(H,25,27). The van der Waals surface area contributed by atoms with Crippen LogP contribution in [0.15, 0.2) is 72.9 Å². The highest BCUT2D eigenvalue weighted by Gasteiger charge is 2.18. The second-order valence-corrected chi connectivity index (χ2v) is 6.20. The van der Waals surface area contributed by atoms with Gasteiger partial charge in [0.05, 0.1) is 11.6 Å². The van der Waals surface area contributed by atoms with Crippen molar-refractivity contribution in [1.82, 2.24) is 9.38 Å². The molecule has 5 nitrogen and oxygen atoms in total. The van der Waals surface area contributed by atoms with Gasteiger partial charge in [0.15, 0.2) is 0 Å². The fourth-order valence-corrected chi connectivity index (χ4v) is 3.00. The van der Waals surface area contributed by atoms with E-state index < -0.39 is 0 Å². The lowest BCUT2D eigenvalue weighted by molar-refractivity contribution is 0.102. The largest absolute Gasteiger partial charge is 0.306 e. The summed E-state index contributed by atoms with van der Waals surface area (Å²) in [4.78, 5) is 17.6. The number of carbonyl (C=O) groups excluding carboxylic acids is 1. The molecule has 0 aliphatic heterocycles. The van der Waals surface area contributed by atoms with Crippen molar-refractivity contribution in [1.29, 1.82) is 5.26 Å². The van der Waals surface area contributed by atoms with Crippen LogP contribution < -0.4 is 5.32 Å². The van der Waals surface area contributed by atoms with Crippen molar-refractivity contribution < 1.29 is 4.79 Å². The Morgan fingerprint density at radius 1 is 1.04 bits per heavy atom. The number of aromatic nitrogens is 2. The quantitative estimate of drug-likeness (QED) is 0.593. The average molecular weight is 352 g/mol. The lowest BCUT2D eigenvalue weighted by atomic mass is 10.1. The van der Waals surface area contributed by atoms with Crippen molar-refractivity contribution in [2.24, 2.45) is 0 Å². The van der Waals surface area contributed by atoms with Crippen LogP contribution in [0.5, 0.6) is 0 Å². The van der Waals surface area contributed by atoms with Crippen molar-refractivity contribution in [3.8, 4) is 17.3 Å². The van der Waals surface area contributed by atoms with Crippen molar-refractivity contribution in [2.45, 2.75) is 6.92 Å². The average Bonchev–Trinajstić information content (AvgIpc) is 3.08. The number of carbonyl (C=O) groups is 1. The molecule has 4 aromatic rings. The lowest BCUT2D eigenvalue weighted by Crippen LogP contribution is -2.14. The number of amides is 1. The molecular weight excluding hydrogens is 336 g/mol. The number of nitriles is 1. The van der Waals surface area contributed by atoms with E-state index in [1.807, 2.05) is 60.0 Å². The maximum Gasteiger partial charge on any atom is 0.256 e. The third kappa shape index (κ3) is 3.05. The second kappa shape index (κ2) is 6.77. The van der Waals surface area contributed by atoms with E-state index in [1.54, 1.807) is 24.3 Å². The molecule has 0 radical (unpaired) electrons. The van der Waals surface area contributed by atoms with Gasteiger partial charge < -0.3 is 5.32 Å². The molecule has 2 aromatic carbocycles. The molecule has 0 unspecified atom stereocenters. The van der Waals surface area contributed by atoms with Crippen LogP contribution >= 0.6 is 0 Å².